The number of rotatable bonds is 10. The molecule has 0 aromatic rings. The van der Waals surface area contributed by atoms with Gasteiger partial charge < -0.3 is 50.2 Å². The van der Waals surface area contributed by atoms with Gasteiger partial charge in [0, 0.05) is 13.3 Å². The Balaban J connectivity index is 3.20. The Labute approximate surface area is 165 Å². The SMILES string of the molecule is CC(=O)OC(C(O)COCC(C)O)[C@@H]1OC(O)(C(=O)O)C[C@H](O)[C@H]1NC(=O)CO. The van der Waals surface area contributed by atoms with Crippen molar-refractivity contribution < 1.29 is 59.2 Å². The monoisotopic (exact) mass is 425 g/mol. The van der Waals surface area contributed by atoms with E-state index in [1.807, 2.05) is 0 Å². The molecule has 13 heteroatoms. The second-order valence-corrected chi connectivity index (χ2v) is 6.72. The highest BCUT2D eigenvalue weighted by atomic mass is 16.7. The van der Waals surface area contributed by atoms with Crippen molar-refractivity contribution in [2.75, 3.05) is 19.8 Å². The van der Waals surface area contributed by atoms with E-state index in [9.17, 15) is 39.9 Å². The van der Waals surface area contributed by atoms with E-state index in [4.69, 9.17) is 19.3 Å². The maximum atomic E-state index is 11.6. The van der Waals surface area contributed by atoms with Gasteiger partial charge in [-0.05, 0) is 6.92 Å². The van der Waals surface area contributed by atoms with Crippen LogP contribution in [0.15, 0.2) is 0 Å². The first kappa shape index (κ1) is 25.2. The lowest BCUT2D eigenvalue weighted by molar-refractivity contribution is -0.296. The number of aliphatic hydroxyl groups excluding tert-OH is 4. The molecule has 0 aromatic carbocycles. The first-order valence-electron chi connectivity index (χ1n) is 8.74. The summed E-state index contributed by atoms with van der Waals surface area (Å²) in [5.74, 6) is -6.64. The maximum Gasteiger partial charge on any atom is 0.364 e. The first-order valence-corrected chi connectivity index (χ1v) is 8.74. The summed E-state index contributed by atoms with van der Waals surface area (Å²) in [6.45, 7) is 0.758. The summed E-state index contributed by atoms with van der Waals surface area (Å²) >= 11 is 0. The Bertz CT molecular complexity index is 584. The molecular weight excluding hydrogens is 398 g/mol. The largest absolute Gasteiger partial charge is 0.477 e. The van der Waals surface area contributed by atoms with Gasteiger partial charge in [-0.3, -0.25) is 9.59 Å². The molecule has 1 heterocycles. The van der Waals surface area contributed by atoms with E-state index in [1.165, 1.54) is 6.92 Å². The molecule has 7 N–H and O–H groups in total. The number of ether oxygens (including phenoxy) is 3. The lowest BCUT2D eigenvalue weighted by Crippen LogP contribution is -2.68. The van der Waals surface area contributed by atoms with E-state index in [-0.39, 0.29) is 6.61 Å². The molecule has 0 radical (unpaired) electrons. The van der Waals surface area contributed by atoms with Crippen LogP contribution in [0.3, 0.4) is 0 Å². The topological polar surface area (TPSA) is 212 Å². The molecule has 1 aliphatic heterocycles. The van der Waals surface area contributed by atoms with E-state index in [0.29, 0.717) is 0 Å². The van der Waals surface area contributed by atoms with Crippen LogP contribution in [0.25, 0.3) is 0 Å². The lowest BCUT2D eigenvalue weighted by atomic mass is 9.88. The van der Waals surface area contributed by atoms with Crippen LogP contribution in [0.2, 0.25) is 0 Å². The summed E-state index contributed by atoms with van der Waals surface area (Å²) in [4.78, 5) is 34.5. The first-order chi connectivity index (χ1) is 13.4. The molecule has 29 heavy (non-hydrogen) atoms. The van der Waals surface area contributed by atoms with Crippen LogP contribution in [0, 0.1) is 0 Å². The fourth-order valence-corrected chi connectivity index (χ4v) is 2.81. The molecule has 1 saturated heterocycles. The van der Waals surface area contributed by atoms with Crippen LogP contribution >= 0.6 is 0 Å². The zero-order chi connectivity index (χ0) is 22.4. The van der Waals surface area contributed by atoms with Crippen molar-refractivity contribution in [1.82, 2.24) is 5.32 Å². The van der Waals surface area contributed by atoms with Crippen LogP contribution in [0.5, 0.6) is 0 Å². The number of carbonyl (C=O) groups excluding carboxylic acids is 2. The molecule has 0 bridgehead atoms. The zero-order valence-electron chi connectivity index (χ0n) is 15.9. The van der Waals surface area contributed by atoms with Crippen molar-refractivity contribution in [3.8, 4) is 0 Å². The number of hydrogen-bond donors (Lipinski definition) is 7. The van der Waals surface area contributed by atoms with Gasteiger partial charge in [0.25, 0.3) is 5.79 Å². The summed E-state index contributed by atoms with van der Waals surface area (Å²) < 4.78 is 15.2. The predicted molar refractivity (Wildman–Crippen MR) is 91.2 cm³/mol. The number of aliphatic carboxylic acids is 1. The normalized spacial score (nSPS) is 30.1. The standard InChI is InChI=1S/C16H27NO12/c1-7(19)5-27-6-10(22)13(28-8(2)20)14-12(17-11(23)4-18)9(21)3-16(26,29-14)15(24)25/h7,9-10,12-14,18-19,21-22,26H,3-6H2,1-2H3,(H,17,23)(H,24,25)/t7?,9-,10?,12+,13?,14+,16?/m0/s1. The van der Waals surface area contributed by atoms with Gasteiger partial charge in [-0.1, -0.05) is 0 Å². The highest BCUT2D eigenvalue weighted by molar-refractivity contribution is 5.78. The number of esters is 1. The molecule has 0 aliphatic carbocycles. The summed E-state index contributed by atoms with van der Waals surface area (Å²) in [5.41, 5.74) is 0. The molecule has 13 nitrogen and oxygen atoms in total. The van der Waals surface area contributed by atoms with Gasteiger partial charge in [0.2, 0.25) is 5.91 Å². The fourth-order valence-electron chi connectivity index (χ4n) is 2.81. The van der Waals surface area contributed by atoms with E-state index in [2.05, 4.69) is 5.32 Å². The quantitative estimate of drug-likeness (QED) is 0.167. The number of carbonyl (C=O) groups is 3. The molecule has 1 aliphatic rings. The van der Waals surface area contributed by atoms with Crippen LogP contribution in [0.1, 0.15) is 20.3 Å². The van der Waals surface area contributed by atoms with Gasteiger partial charge in [-0.25, -0.2) is 4.79 Å². The lowest BCUT2D eigenvalue weighted by Gasteiger charge is -2.45. The van der Waals surface area contributed by atoms with Crippen molar-refractivity contribution in [2.24, 2.45) is 0 Å². The highest BCUT2D eigenvalue weighted by Gasteiger charge is 2.55. The average Bonchev–Trinajstić information content (AvgIpc) is 2.60. The third-order valence-electron chi connectivity index (χ3n) is 4.04. The Morgan fingerprint density at radius 2 is 1.90 bits per heavy atom. The van der Waals surface area contributed by atoms with Crippen LogP contribution < -0.4 is 5.32 Å². The van der Waals surface area contributed by atoms with Crippen LogP contribution in [-0.2, 0) is 28.6 Å². The molecule has 0 aromatic heterocycles. The molecule has 1 fully saturated rings. The summed E-state index contributed by atoms with van der Waals surface area (Å²) in [5, 5.41) is 60.4. The molecule has 1 amide bonds. The molecule has 0 spiro atoms. The Morgan fingerprint density at radius 3 is 2.38 bits per heavy atom. The minimum Gasteiger partial charge on any atom is -0.477 e. The number of hydrogen-bond acceptors (Lipinski definition) is 11. The van der Waals surface area contributed by atoms with Gasteiger partial charge >= 0.3 is 11.9 Å². The fraction of sp³-hybridized carbons (Fsp3) is 0.812. The number of carboxylic acid groups (broad SMARTS) is 1. The molecule has 1 rings (SSSR count). The zero-order valence-corrected chi connectivity index (χ0v) is 15.9. The third-order valence-corrected chi connectivity index (χ3v) is 4.04. The smallest absolute Gasteiger partial charge is 0.364 e. The Kier molecular flexibility index (Phi) is 9.35. The highest BCUT2D eigenvalue weighted by Crippen LogP contribution is 2.31. The summed E-state index contributed by atoms with van der Waals surface area (Å²) in [6, 6.07) is -1.45. The van der Waals surface area contributed by atoms with Crippen molar-refractivity contribution in [2.45, 2.75) is 62.6 Å². The van der Waals surface area contributed by atoms with E-state index >= 15 is 0 Å². The van der Waals surface area contributed by atoms with E-state index in [0.717, 1.165) is 6.92 Å². The third kappa shape index (κ3) is 7.15. The average molecular weight is 425 g/mol. The number of aliphatic hydroxyl groups is 5. The van der Waals surface area contributed by atoms with Crippen molar-refractivity contribution >= 4 is 17.8 Å². The second kappa shape index (κ2) is 10.8. The number of amides is 1. The Morgan fingerprint density at radius 1 is 1.28 bits per heavy atom. The maximum absolute atomic E-state index is 11.6. The summed E-state index contributed by atoms with van der Waals surface area (Å²) in [7, 11) is 0. The second-order valence-electron chi connectivity index (χ2n) is 6.72. The van der Waals surface area contributed by atoms with Gasteiger partial charge in [-0.2, -0.15) is 0 Å². The number of carboxylic acids is 1. The van der Waals surface area contributed by atoms with Crippen molar-refractivity contribution in [1.29, 1.82) is 0 Å². The minimum atomic E-state index is -2.90. The van der Waals surface area contributed by atoms with Crippen LogP contribution in [0.4, 0.5) is 0 Å². The molecule has 7 atom stereocenters. The van der Waals surface area contributed by atoms with Gasteiger partial charge in [0.1, 0.15) is 18.8 Å². The van der Waals surface area contributed by atoms with Crippen molar-refractivity contribution in [3.05, 3.63) is 0 Å². The van der Waals surface area contributed by atoms with Gasteiger partial charge in [0.05, 0.1) is 31.5 Å². The van der Waals surface area contributed by atoms with E-state index in [1.54, 1.807) is 0 Å². The molecule has 4 unspecified atom stereocenters. The van der Waals surface area contributed by atoms with E-state index < -0.39 is 79.8 Å². The molecule has 0 saturated carbocycles. The van der Waals surface area contributed by atoms with Gasteiger partial charge in [-0.15, -0.1) is 0 Å². The summed E-state index contributed by atoms with van der Waals surface area (Å²) in [6.07, 6.45) is -8.49. The molecular formula is C16H27NO12. The van der Waals surface area contributed by atoms with Crippen LogP contribution in [-0.4, -0.2) is 111 Å². The van der Waals surface area contributed by atoms with Gasteiger partial charge in [0.15, 0.2) is 6.10 Å². The Hall–Kier alpha value is -1.87. The minimum absolute atomic E-state index is 0.179. The predicted octanol–water partition coefficient (Wildman–Crippen LogP) is -3.92. The number of nitrogens with one attached hydrogen (secondary N) is 1. The molecule has 168 valence electrons. The van der Waals surface area contributed by atoms with Crippen molar-refractivity contribution in [3.63, 3.8) is 0 Å².